The first-order valence-electron chi connectivity index (χ1n) is 8.47. The molecule has 0 aliphatic rings. The lowest BCUT2D eigenvalue weighted by Gasteiger charge is -2.22. The molecule has 1 heterocycles. The van der Waals surface area contributed by atoms with Crippen LogP contribution < -0.4 is 10.6 Å². The van der Waals surface area contributed by atoms with Gasteiger partial charge in [-0.1, -0.05) is 12.1 Å². The van der Waals surface area contributed by atoms with Crippen molar-refractivity contribution in [3.63, 3.8) is 0 Å². The molecule has 138 valence electrons. The zero-order valence-electron chi connectivity index (χ0n) is 15.1. The molecule has 0 saturated carbocycles. The molecule has 7 heteroatoms. The summed E-state index contributed by atoms with van der Waals surface area (Å²) >= 11 is 0. The van der Waals surface area contributed by atoms with Crippen molar-refractivity contribution in [3.8, 4) is 0 Å². The van der Waals surface area contributed by atoms with E-state index in [1.165, 1.54) is 17.2 Å². The second-order valence-electron chi connectivity index (χ2n) is 6.05. The standard InChI is InChI=1S/C19H23FN4O2/c1-4-24(12-17(25)22-13(2)3)19(26)14-8-7-11-21-18(14)23-16-10-6-5-9-15(16)20/h5-11,13H,4,12H2,1-3H3,(H,21,23)(H,22,25). The average molecular weight is 358 g/mol. The van der Waals surface area contributed by atoms with E-state index < -0.39 is 5.82 Å². The number of anilines is 2. The van der Waals surface area contributed by atoms with Crippen molar-refractivity contribution >= 4 is 23.3 Å². The number of likely N-dealkylation sites (N-methyl/N-ethyl adjacent to an activating group) is 1. The molecule has 6 nitrogen and oxygen atoms in total. The van der Waals surface area contributed by atoms with E-state index in [0.29, 0.717) is 6.54 Å². The number of hydrogen-bond donors (Lipinski definition) is 2. The smallest absolute Gasteiger partial charge is 0.258 e. The highest BCUT2D eigenvalue weighted by molar-refractivity contribution is 6.00. The van der Waals surface area contributed by atoms with Gasteiger partial charge < -0.3 is 15.5 Å². The number of carbonyl (C=O) groups is 2. The van der Waals surface area contributed by atoms with Gasteiger partial charge in [-0.05, 0) is 45.0 Å². The van der Waals surface area contributed by atoms with Crippen LogP contribution in [-0.2, 0) is 4.79 Å². The van der Waals surface area contributed by atoms with Crippen molar-refractivity contribution in [1.29, 1.82) is 0 Å². The van der Waals surface area contributed by atoms with Gasteiger partial charge in [0.05, 0.1) is 17.8 Å². The molecular weight excluding hydrogens is 335 g/mol. The molecule has 1 aromatic carbocycles. The predicted molar refractivity (Wildman–Crippen MR) is 98.8 cm³/mol. The van der Waals surface area contributed by atoms with Crippen LogP contribution in [-0.4, -0.2) is 40.8 Å². The number of benzene rings is 1. The maximum atomic E-state index is 13.9. The number of rotatable bonds is 7. The first-order valence-corrected chi connectivity index (χ1v) is 8.47. The molecule has 0 atom stereocenters. The van der Waals surface area contributed by atoms with E-state index in [4.69, 9.17) is 0 Å². The summed E-state index contributed by atoms with van der Waals surface area (Å²) in [4.78, 5) is 30.4. The lowest BCUT2D eigenvalue weighted by molar-refractivity contribution is -0.122. The average Bonchev–Trinajstić information content (AvgIpc) is 2.61. The second kappa shape index (κ2) is 8.94. The van der Waals surface area contributed by atoms with Crippen LogP contribution in [0.15, 0.2) is 42.6 Å². The SMILES string of the molecule is CCN(CC(=O)NC(C)C)C(=O)c1cccnc1Nc1ccccc1F. The van der Waals surface area contributed by atoms with E-state index >= 15 is 0 Å². The topological polar surface area (TPSA) is 74.3 Å². The fourth-order valence-corrected chi connectivity index (χ4v) is 2.41. The summed E-state index contributed by atoms with van der Waals surface area (Å²) in [5, 5.41) is 5.61. The van der Waals surface area contributed by atoms with Gasteiger partial charge in [0, 0.05) is 18.8 Å². The zero-order chi connectivity index (χ0) is 19.1. The Labute approximate surface area is 152 Å². The molecule has 0 unspecified atom stereocenters. The summed E-state index contributed by atoms with van der Waals surface area (Å²) in [5.41, 5.74) is 0.496. The molecular formula is C19H23FN4O2. The van der Waals surface area contributed by atoms with Gasteiger partial charge in [-0.15, -0.1) is 0 Å². The van der Waals surface area contributed by atoms with Crippen molar-refractivity contribution in [3.05, 3.63) is 54.0 Å². The molecule has 0 bridgehead atoms. The van der Waals surface area contributed by atoms with Crippen LogP contribution in [0.25, 0.3) is 0 Å². The van der Waals surface area contributed by atoms with Crippen molar-refractivity contribution in [2.75, 3.05) is 18.4 Å². The highest BCUT2D eigenvalue weighted by Crippen LogP contribution is 2.22. The Morgan fingerprint density at radius 2 is 1.92 bits per heavy atom. The lowest BCUT2D eigenvalue weighted by Crippen LogP contribution is -2.42. The minimum Gasteiger partial charge on any atom is -0.352 e. The molecule has 0 spiro atoms. The summed E-state index contributed by atoms with van der Waals surface area (Å²) in [5.74, 6) is -0.786. The third kappa shape index (κ3) is 5.02. The number of aromatic nitrogens is 1. The first-order chi connectivity index (χ1) is 12.4. The number of amides is 2. The van der Waals surface area contributed by atoms with Gasteiger partial charge in [-0.3, -0.25) is 9.59 Å². The fourth-order valence-electron chi connectivity index (χ4n) is 2.41. The second-order valence-corrected chi connectivity index (χ2v) is 6.05. The Hall–Kier alpha value is -2.96. The van der Waals surface area contributed by atoms with Crippen LogP contribution in [0.1, 0.15) is 31.1 Å². The summed E-state index contributed by atoms with van der Waals surface area (Å²) in [7, 11) is 0. The lowest BCUT2D eigenvalue weighted by atomic mass is 10.2. The highest BCUT2D eigenvalue weighted by atomic mass is 19.1. The van der Waals surface area contributed by atoms with E-state index in [2.05, 4.69) is 15.6 Å². The summed E-state index contributed by atoms with van der Waals surface area (Å²) in [6.07, 6.45) is 1.52. The molecule has 0 fully saturated rings. The molecule has 0 radical (unpaired) electrons. The van der Waals surface area contributed by atoms with Crippen molar-refractivity contribution < 1.29 is 14.0 Å². The Bertz CT molecular complexity index is 780. The molecule has 0 saturated heterocycles. The predicted octanol–water partition coefficient (Wildman–Crippen LogP) is 2.95. The summed E-state index contributed by atoms with van der Waals surface area (Å²) in [6, 6.07) is 9.37. The molecule has 1 aromatic heterocycles. The minimum absolute atomic E-state index is 0.00650. The minimum atomic E-state index is -0.444. The third-order valence-corrected chi connectivity index (χ3v) is 3.62. The molecule has 2 aromatic rings. The van der Waals surface area contributed by atoms with E-state index in [1.807, 2.05) is 13.8 Å². The maximum Gasteiger partial charge on any atom is 0.258 e. The zero-order valence-corrected chi connectivity index (χ0v) is 15.1. The van der Waals surface area contributed by atoms with Crippen LogP contribution in [0.4, 0.5) is 15.9 Å². The van der Waals surface area contributed by atoms with Crippen LogP contribution in [0.2, 0.25) is 0 Å². The molecule has 26 heavy (non-hydrogen) atoms. The monoisotopic (exact) mass is 358 g/mol. The van der Waals surface area contributed by atoms with E-state index in [-0.39, 0.29) is 41.5 Å². The van der Waals surface area contributed by atoms with Crippen molar-refractivity contribution in [2.24, 2.45) is 0 Å². The van der Waals surface area contributed by atoms with Gasteiger partial charge in [0.25, 0.3) is 5.91 Å². The van der Waals surface area contributed by atoms with Gasteiger partial charge in [-0.25, -0.2) is 9.37 Å². The van der Waals surface area contributed by atoms with Gasteiger partial charge in [-0.2, -0.15) is 0 Å². The Kier molecular flexibility index (Phi) is 6.66. The maximum absolute atomic E-state index is 13.9. The molecule has 0 aliphatic carbocycles. The quantitative estimate of drug-likeness (QED) is 0.798. The van der Waals surface area contributed by atoms with Crippen molar-refractivity contribution in [2.45, 2.75) is 26.8 Å². The van der Waals surface area contributed by atoms with E-state index in [1.54, 1.807) is 37.3 Å². The van der Waals surface area contributed by atoms with Gasteiger partial charge in [0.2, 0.25) is 5.91 Å². The number of halogens is 1. The number of hydrogen-bond acceptors (Lipinski definition) is 4. The number of nitrogens with one attached hydrogen (secondary N) is 2. The fraction of sp³-hybridized carbons (Fsp3) is 0.316. The largest absolute Gasteiger partial charge is 0.352 e. The number of nitrogens with zero attached hydrogens (tertiary/aromatic N) is 2. The van der Waals surface area contributed by atoms with Crippen LogP contribution in [0.5, 0.6) is 0 Å². The van der Waals surface area contributed by atoms with Gasteiger partial charge in [0.15, 0.2) is 0 Å². The van der Waals surface area contributed by atoms with Crippen LogP contribution >= 0.6 is 0 Å². The summed E-state index contributed by atoms with van der Waals surface area (Å²) in [6.45, 7) is 5.81. The molecule has 2 amide bonds. The first kappa shape index (κ1) is 19.4. The Morgan fingerprint density at radius 1 is 1.19 bits per heavy atom. The highest BCUT2D eigenvalue weighted by Gasteiger charge is 2.21. The van der Waals surface area contributed by atoms with Gasteiger partial charge >= 0.3 is 0 Å². The van der Waals surface area contributed by atoms with Crippen LogP contribution in [0, 0.1) is 5.82 Å². The molecule has 0 aliphatic heterocycles. The molecule has 2 N–H and O–H groups in total. The number of pyridine rings is 1. The number of carbonyl (C=O) groups excluding carboxylic acids is 2. The van der Waals surface area contributed by atoms with Crippen LogP contribution in [0.3, 0.4) is 0 Å². The van der Waals surface area contributed by atoms with Gasteiger partial charge in [0.1, 0.15) is 11.6 Å². The Morgan fingerprint density at radius 3 is 2.58 bits per heavy atom. The molecule has 2 rings (SSSR count). The number of para-hydroxylation sites is 1. The van der Waals surface area contributed by atoms with E-state index in [9.17, 15) is 14.0 Å². The summed E-state index contributed by atoms with van der Waals surface area (Å²) < 4.78 is 13.9. The van der Waals surface area contributed by atoms with E-state index in [0.717, 1.165) is 0 Å². The normalized spacial score (nSPS) is 10.5. The third-order valence-electron chi connectivity index (χ3n) is 3.62. The van der Waals surface area contributed by atoms with Crippen molar-refractivity contribution in [1.82, 2.24) is 15.2 Å². The Balaban J connectivity index is 2.23.